The minimum atomic E-state index is 0.382. The number of hydrogen-bond acceptors (Lipinski definition) is 4. The lowest BCUT2D eigenvalue weighted by Gasteiger charge is -2.32. The van der Waals surface area contributed by atoms with Crippen molar-refractivity contribution >= 4 is 11.8 Å². The number of hydrogen-bond donors (Lipinski definition) is 2. The third-order valence-electron chi connectivity index (χ3n) is 3.99. The standard InChI is InChI=1S/C16H20N4/c17-15-10-11-18-16(20-15)19-14-9-5-4-8-13(14)12-6-2-1-3-7-12/h1-3,6-7,10-11,13-14H,4-5,8-9H2,(H3,17,18,19,20)/t13-,14+/m0/s1. The lowest BCUT2D eigenvalue weighted by molar-refractivity contribution is 0.403. The molecule has 0 aliphatic heterocycles. The molecule has 4 heteroatoms. The molecule has 2 atom stereocenters. The molecule has 1 aromatic carbocycles. The molecule has 0 amide bonds. The Morgan fingerprint density at radius 1 is 1.05 bits per heavy atom. The highest BCUT2D eigenvalue weighted by molar-refractivity contribution is 5.37. The van der Waals surface area contributed by atoms with Gasteiger partial charge in [0.25, 0.3) is 0 Å². The summed E-state index contributed by atoms with van der Waals surface area (Å²) >= 11 is 0. The molecule has 0 bridgehead atoms. The molecule has 1 heterocycles. The van der Waals surface area contributed by atoms with Crippen LogP contribution in [0, 0.1) is 0 Å². The molecule has 1 aliphatic carbocycles. The Morgan fingerprint density at radius 3 is 2.65 bits per heavy atom. The third kappa shape index (κ3) is 2.90. The van der Waals surface area contributed by atoms with Crippen molar-refractivity contribution < 1.29 is 0 Å². The fourth-order valence-electron chi connectivity index (χ4n) is 3.01. The van der Waals surface area contributed by atoms with Gasteiger partial charge in [0.15, 0.2) is 0 Å². The van der Waals surface area contributed by atoms with Gasteiger partial charge in [-0.2, -0.15) is 4.98 Å². The molecule has 0 unspecified atom stereocenters. The molecule has 1 aromatic heterocycles. The second-order valence-electron chi connectivity index (χ2n) is 5.36. The normalized spacial score (nSPS) is 22.4. The van der Waals surface area contributed by atoms with Crippen LogP contribution in [0.1, 0.15) is 37.2 Å². The summed E-state index contributed by atoms with van der Waals surface area (Å²) in [7, 11) is 0. The van der Waals surface area contributed by atoms with Crippen LogP contribution in [0.25, 0.3) is 0 Å². The number of nitrogens with two attached hydrogens (primary N) is 1. The highest BCUT2D eigenvalue weighted by Crippen LogP contribution is 2.34. The Hall–Kier alpha value is -2.10. The van der Waals surface area contributed by atoms with Gasteiger partial charge in [0.1, 0.15) is 5.82 Å². The zero-order valence-electron chi connectivity index (χ0n) is 11.5. The van der Waals surface area contributed by atoms with Crippen LogP contribution < -0.4 is 11.1 Å². The fourth-order valence-corrected chi connectivity index (χ4v) is 3.01. The van der Waals surface area contributed by atoms with Crippen molar-refractivity contribution in [3.63, 3.8) is 0 Å². The number of benzene rings is 1. The molecular weight excluding hydrogens is 248 g/mol. The Bertz CT molecular complexity index is 555. The lowest BCUT2D eigenvalue weighted by atomic mass is 9.80. The molecular formula is C16H20N4. The molecule has 1 fully saturated rings. The second kappa shape index (κ2) is 5.90. The molecule has 0 spiro atoms. The summed E-state index contributed by atoms with van der Waals surface area (Å²) in [6.45, 7) is 0. The zero-order valence-corrected chi connectivity index (χ0v) is 11.5. The molecule has 3 rings (SSSR count). The van der Waals surface area contributed by atoms with Gasteiger partial charge in [0.05, 0.1) is 0 Å². The molecule has 1 aliphatic rings. The summed E-state index contributed by atoms with van der Waals surface area (Å²) < 4.78 is 0. The minimum absolute atomic E-state index is 0.382. The summed E-state index contributed by atoms with van der Waals surface area (Å²) in [6.07, 6.45) is 6.60. The van der Waals surface area contributed by atoms with Crippen molar-refractivity contribution in [2.24, 2.45) is 0 Å². The first-order valence-electron chi connectivity index (χ1n) is 7.23. The molecule has 2 aromatic rings. The molecule has 104 valence electrons. The average Bonchev–Trinajstić information content (AvgIpc) is 2.49. The van der Waals surface area contributed by atoms with Gasteiger partial charge < -0.3 is 11.1 Å². The largest absolute Gasteiger partial charge is 0.384 e. The van der Waals surface area contributed by atoms with E-state index in [1.165, 1.54) is 24.8 Å². The summed E-state index contributed by atoms with van der Waals surface area (Å²) in [4.78, 5) is 8.51. The molecule has 0 radical (unpaired) electrons. The molecule has 4 nitrogen and oxygen atoms in total. The monoisotopic (exact) mass is 268 g/mol. The summed E-state index contributed by atoms with van der Waals surface area (Å²) in [5.41, 5.74) is 7.12. The quantitative estimate of drug-likeness (QED) is 0.897. The molecule has 3 N–H and O–H groups in total. The van der Waals surface area contributed by atoms with E-state index in [1.807, 2.05) is 0 Å². The van der Waals surface area contributed by atoms with Gasteiger partial charge >= 0.3 is 0 Å². The lowest BCUT2D eigenvalue weighted by Crippen LogP contribution is -2.31. The van der Waals surface area contributed by atoms with Gasteiger partial charge in [-0.25, -0.2) is 4.98 Å². The summed E-state index contributed by atoms with van der Waals surface area (Å²) in [5.74, 6) is 1.67. The fraction of sp³-hybridized carbons (Fsp3) is 0.375. The molecule has 1 saturated carbocycles. The first kappa shape index (κ1) is 12.9. The highest BCUT2D eigenvalue weighted by Gasteiger charge is 2.26. The van der Waals surface area contributed by atoms with Crippen molar-refractivity contribution in [1.82, 2.24) is 9.97 Å². The smallest absolute Gasteiger partial charge is 0.224 e. The topological polar surface area (TPSA) is 63.8 Å². The maximum absolute atomic E-state index is 5.72. The highest BCUT2D eigenvalue weighted by atomic mass is 15.1. The van der Waals surface area contributed by atoms with Crippen molar-refractivity contribution in [2.75, 3.05) is 11.1 Å². The van der Waals surface area contributed by atoms with Crippen molar-refractivity contribution in [3.8, 4) is 0 Å². The Balaban J connectivity index is 1.79. The van der Waals surface area contributed by atoms with Crippen LogP contribution in [-0.4, -0.2) is 16.0 Å². The second-order valence-corrected chi connectivity index (χ2v) is 5.36. The first-order valence-corrected chi connectivity index (χ1v) is 7.23. The number of nitrogens with zero attached hydrogens (tertiary/aromatic N) is 2. The number of anilines is 2. The zero-order chi connectivity index (χ0) is 13.8. The average molecular weight is 268 g/mol. The van der Waals surface area contributed by atoms with E-state index in [0.29, 0.717) is 23.7 Å². The van der Waals surface area contributed by atoms with Crippen LogP contribution >= 0.6 is 0 Å². The van der Waals surface area contributed by atoms with Crippen LogP contribution in [0.3, 0.4) is 0 Å². The van der Waals surface area contributed by atoms with Crippen LogP contribution in [0.15, 0.2) is 42.6 Å². The maximum Gasteiger partial charge on any atom is 0.224 e. The predicted molar refractivity (Wildman–Crippen MR) is 81.5 cm³/mol. The number of aromatic nitrogens is 2. The van der Waals surface area contributed by atoms with Crippen LogP contribution in [-0.2, 0) is 0 Å². The number of nitrogen functional groups attached to an aromatic ring is 1. The van der Waals surface area contributed by atoms with Gasteiger partial charge in [0.2, 0.25) is 5.95 Å². The third-order valence-corrected chi connectivity index (χ3v) is 3.99. The van der Waals surface area contributed by atoms with E-state index in [1.54, 1.807) is 12.3 Å². The van der Waals surface area contributed by atoms with E-state index < -0.39 is 0 Å². The van der Waals surface area contributed by atoms with E-state index in [-0.39, 0.29) is 0 Å². The molecule has 20 heavy (non-hydrogen) atoms. The van der Waals surface area contributed by atoms with E-state index in [9.17, 15) is 0 Å². The first-order chi connectivity index (χ1) is 9.83. The summed E-state index contributed by atoms with van der Waals surface area (Å²) in [5, 5.41) is 3.47. The van der Waals surface area contributed by atoms with E-state index in [0.717, 1.165) is 6.42 Å². The van der Waals surface area contributed by atoms with Gasteiger partial charge in [0, 0.05) is 18.2 Å². The van der Waals surface area contributed by atoms with Crippen molar-refractivity contribution in [3.05, 3.63) is 48.2 Å². The minimum Gasteiger partial charge on any atom is -0.384 e. The van der Waals surface area contributed by atoms with Crippen LogP contribution in [0.4, 0.5) is 11.8 Å². The predicted octanol–water partition coefficient (Wildman–Crippen LogP) is 3.20. The van der Waals surface area contributed by atoms with Crippen molar-refractivity contribution in [1.29, 1.82) is 0 Å². The van der Waals surface area contributed by atoms with Gasteiger partial charge in [-0.05, 0) is 24.5 Å². The molecule has 0 saturated heterocycles. The van der Waals surface area contributed by atoms with Gasteiger partial charge in [-0.1, -0.05) is 43.2 Å². The van der Waals surface area contributed by atoms with Gasteiger partial charge in [-0.3, -0.25) is 0 Å². The summed E-state index contributed by atoms with van der Waals surface area (Å²) in [6, 6.07) is 12.8. The van der Waals surface area contributed by atoms with Crippen LogP contribution in [0.2, 0.25) is 0 Å². The Kier molecular flexibility index (Phi) is 3.81. The number of rotatable bonds is 3. The van der Waals surface area contributed by atoms with Crippen molar-refractivity contribution in [2.45, 2.75) is 37.6 Å². The van der Waals surface area contributed by atoms with Gasteiger partial charge in [-0.15, -0.1) is 0 Å². The SMILES string of the molecule is Nc1ccnc(N[C@@H]2CCCC[C@H]2c2ccccc2)n1. The Morgan fingerprint density at radius 2 is 1.85 bits per heavy atom. The van der Waals surface area contributed by atoms with Crippen LogP contribution in [0.5, 0.6) is 0 Å². The van der Waals surface area contributed by atoms with E-state index in [4.69, 9.17) is 5.73 Å². The van der Waals surface area contributed by atoms with E-state index in [2.05, 4.69) is 45.6 Å². The maximum atomic E-state index is 5.72. The van der Waals surface area contributed by atoms with E-state index >= 15 is 0 Å². The number of nitrogens with one attached hydrogen (secondary N) is 1. The Labute approximate surface area is 119 Å².